The van der Waals surface area contributed by atoms with Gasteiger partial charge in [-0.1, -0.05) is 0 Å². The van der Waals surface area contributed by atoms with Crippen molar-refractivity contribution in [1.82, 2.24) is 4.98 Å². The van der Waals surface area contributed by atoms with Gasteiger partial charge >= 0.3 is 0 Å². The third-order valence-corrected chi connectivity index (χ3v) is 1.62. The van der Waals surface area contributed by atoms with Crippen LogP contribution in [0.5, 0.6) is 0 Å². The normalized spacial score (nSPS) is 11.4. The van der Waals surface area contributed by atoms with Crippen molar-refractivity contribution in [2.24, 2.45) is 0 Å². The molecule has 0 atom stereocenters. The van der Waals surface area contributed by atoms with E-state index in [2.05, 4.69) is 10.3 Å². The monoisotopic (exact) mass is 180 g/mol. The van der Waals surface area contributed by atoms with Crippen LogP contribution in [-0.4, -0.2) is 22.2 Å². The van der Waals surface area contributed by atoms with Gasteiger partial charge in [0.25, 0.3) is 0 Å². The summed E-state index contributed by atoms with van der Waals surface area (Å²) < 4.78 is 0. The number of anilines is 1. The lowest BCUT2D eigenvalue weighted by Crippen LogP contribution is -2.29. The van der Waals surface area contributed by atoms with E-state index in [1.165, 1.54) is 0 Å². The molecule has 0 aliphatic rings. The minimum absolute atomic E-state index is 0.503. The summed E-state index contributed by atoms with van der Waals surface area (Å²) in [4.78, 5) is 4.12. The molecule has 0 aliphatic heterocycles. The number of aliphatic hydroxyl groups is 1. The molecule has 2 N–H and O–H groups in total. The average Bonchev–Trinajstić information content (AvgIpc) is 2.00. The van der Waals surface area contributed by atoms with Crippen LogP contribution in [0.1, 0.15) is 19.4 Å². The summed E-state index contributed by atoms with van der Waals surface area (Å²) >= 11 is 0. The Morgan fingerprint density at radius 2 is 2.23 bits per heavy atom. The van der Waals surface area contributed by atoms with Crippen molar-refractivity contribution >= 4 is 5.82 Å². The quantitative estimate of drug-likeness (QED) is 0.742. The van der Waals surface area contributed by atoms with Crippen LogP contribution >= 0.6 is 0 Å². The summed E-state index contributed by atoms with van der Waals surface area (Å²) in [6.45, 7) is 6.03. The van der Waals surface area contributed by atoms with Crippen molar-refractivity contribution < 1.29 is 5.11 Å². The first-order chi connectivity index (χ1) is 5.97. The predicted octanol–water partition coefficient (Wildman–Crippen LogP) is 1.57. The summed E-state index contributed by atoms with van der Waals surface area (Å²) in [6.07, 6.45) is 1.75. The zero-order valence-corrected chi connectivity index (χ0v) is 8.33. The molecule has 1 rings (SSSR count). The van der Waals surface area contributed by atoms with Crippen molar-refractivity contribution in [3.05, 3.63) is 23.9 Å². The van der Waals surface area contributed by atoms with E-state index in [0.717, 1.165) is 11.4 Å². The highest BCUT2D eigenvalue weighted by atomic mass is 16.3. The van der Waals surface area contributed by atoms with Gasteiger partial charge in [0.15, 0.2) is 0 Å². The Morgan fingerprint density at radius 3 is 2.77 bits per heavy atom. The molecule has 0 bridgehead atoms. The Balaban J connectivity index is 2.55. The summed E-state index contributed by atoms with van der Waals surface area (Å²) in [5.74, 6) is 0.808. The molecule has 0 unspecified atom stereocenters. The largest absolute Gasteiger partial charge is 0.389 e. The first kappa shape index (κ1) is 9.99. The highest BCUT2D eigenvalue weighted by Crippen LogP contribution is 2.07. The molecule has 0 aliphatic carbocycles. The zero-order chi connectivity index (χ0) is 9.90. The van der Waals surface area contributed by atoms with Gasteiger partial charge in [0, 0.05) is 12.7 Å². The summed E-state index contributed by atoms with van der Waals surface area (Å²) in [5.41, 5.74) is 0.457. The van der Waals surface area contributed by atoms with E-state index in [4.69, 9.17) is 0 Å². The third-order valence-electron chi connectivity index (χ3n) is 1.62. The maximum atomic E-state index is 9.46. The molecular formula is C10H16N2O. The fourth-order valence-electron chi connectivity index (χ4n) is 0.940. The van der Waals surface area contributed by atoms with Crippen LogP contribution in [0.15, 0.2) is 18.3 Å². The molecule has 1 heterocycles. The maximum absolute atomic E-state index is 9.46. The molecule has 0 saturated heterocycles. The van der Waals surface area contributed by atoms with Gasteiger partial charge in [-0.3, -0.25) is 0 Å². The van der Waals surface area contributed by atoms with Gasteiger partial charge in [0.05, 0.1) is 5.60 Å². The Kier molecular flexibility index (Phi) is 2.88. The number of aromatic nitrogens is 1. The molecule has 1 aromatic rings. The van der Waals surface area contributed by atoms with Gasteiger partial charge in [-0.15, -0.1) is 0 Å². The van der Waals surface area contributed by atoms with Crippen LogP contribution in [-0.2, 0) is 0 Å². The molecule has 0 amide bonds. The van der Waals surface area contributed by atoms with Gasteiger partial charge in [-0.05, 0) is 38.5 Å². The Morgan fingerprint density at radius 1 is 1.54 bits per heavy atom. The number of aryl methyl sites for hydroxylation is 1. The number of pyridine rings is 1. The van der Waals surface area contributed by atoms with Crippen LogP contribution in [0.25, 0.3) is 0 Å². The van der Waals surface area contributed by atoms with Crippen LogP contribution in [0.4, 0.5) is 5.82 Å². The SMILES string of the molecule is Cc1ccnc(NCC(C)(C)O)c1. The van der Waals surface area contributed by atoms with Gasteiger partial charge < -0.3 is 10.4 Å². The molecule has 1 aromatic heterocycles. The van der Waals surface area contributed by atoms with E-state index in [1.807, 2.05) is 19.1 Å². The van der Waals surface area contributed by atoms with Crippen LogP contribution in [0, 0.1) is 6.92 Å². The lowest BCUT2D eigenvalue weighted by molar-refractivity contribution is 0.0944. The van der Waals surface area contributed by atoms with Crippen molar-refractivity contribution in [2.75, 3.05) is 11.9 Å². The highest BCUT2D eigenvalue weighted by molar-refractivity contribution is 5.37. The number of hydrogen-bond acceptors (Lipinski definition) is 3. The maximum Gasteiger partial charge on any atom is 0.126 e. The van der Waals surface area contributed by atoms with Gasteiger partial charge in [-0.2, -0.15) is 0 Å². The van der Waals surface area contributed by atoms with E-state index in [-0.39, 0.29) is 0 Å². The van der Waals surface area contributed by atoms with Crippen molar-refractivity contribution in [1.29, 1.82) is 0 Å². The third kappa shape index (κ3) is 3.90. The summed E-state index contributed by atoms with van der Waals surface area (Å²) in [6, 6.07) is 3.89. The lowest BCUT2D eigenvalue weighted by atomic mass is 10.1. The lowest BCUT2D eigenvalue weighted by Gasteiger charge is -2.17. The molecule has 3 nitrogen and oxygen atoms in total. The first-order valence-electron chi connectivity index (χ1n) is 4.36. The minimum Gasteiger partial charge on any atom is -0.389 e. The second-order valence-corrected chi connectivity index (χ2v) is 3.88. The molecular weight excluding hydrogens is 164 g/mol. The molecule has 0 saturated carbocycles. The number of nitrogens with one attached hydrogen (secondary N) is 1. The Hall–Kier alpha value is -1.09. The van der Waals surface area contributed by atoms with Crippen molar-refractivity contribution in [3.8, 4) is 0 Å². The highest BCUT2D eigenvalue weighted by Gasteiger charge is 2.11. The molecule has 72 valence electrons. The smallest absolute Gasteiger partial charge is 0.126 e. The van der Waals surface area contributed by atoms with E-state index in [0.29, 0.717) is 6.54 Å². The first-order valence-corrected chi connectivity index (χ1v) is 4.36. The zero-order valence-electron chi connectivity index (χ0n) is 8.33. The number of rotatable bonds is 3. The topological polar surface area (TPSA) is 45.2 Å². The predicted molar refractivity (Wildman–Crippen MR) is 53.8 cm³/mol. The Bertz CT molecular complexity index is 278. The van der Waals surface area contributed by atoms with Crippen LogP contribution in [0.3, 0.4) is 0 Å². The molecule has 0 fully saturated rings. The second kappa shape index (κ2) is 3.75. The molecule has 0 radical (unpaired) electrons. The second-order valence-electron chi connectivity index (χ2n) is 3.88. The molecule has 0 aromatic carbocycles. The minimum atomic E-state index is -0.703. The standard InChI is InChI=1S/C10H16N2O/c1-8-4-5-11-9(6-8)12-7-10(2,3)13/h4-6,13H,7H2,1-3H3,(H,11,12). The van der Waals surface area contributed by atoms with Crippen LogP contribution in [0.2, 0.25) is 0 Å². The van der Waals surface area contributed by atoms with E-state index >= 15 is 0 Å². The summed E-state index contributed by atoms with van der Waals surface area (Å²) in [7, 11) is 0. The van der Waals surface area contributed by atoms with E-state index in [1.54, 1.807) is 20.0 Å². The van der Waals surface area contributed by atoms with Gasteiger partial charge in [-0.25, -0.2) is 4.98 Å². The molecule has 13 heavy (non-hydrogen) atoms. The fraction of sp³-hybridized carbons (Fsp3) is 0.500. The number of nitrogens with zero attached hydrogens (tertiary/aromatic N) is 1. The van der Waals surface area contributed by atoms with Crippen LogP contribution < -0.4 is 5.32 Å². The average molecular weight is 180 g/mol. The van der Waals surface area contributed by atoms with E-state index < -0.39 is 5.60 Å². The van der Waals surface area contributed by atoms with Gasteiger partial charge in [0.2, 0.25) is 0 Å². The van der Waals surface area contributed by atoms with Crippen molar-refractivity contribution in [3.63, 3.8) is 0 Å². The van der Waals surface area contributed by atoms with Gasteiger partial charge in [0.1, 0.15) is 5.82 Å². The molecule has 3 heteroatoms. The van der Waals surface area contributed by atoms with Crippen molar-refractivity contribution in [2.45, 2.75) is 26.4 Å². The number of hydrogen-bond donors (Lipinski definition) is 2. The van der Waals surface area contributed by atoms with E-state index in [9.17, 15) is 5.11 Å². The molecule has 0 spiro atoms. The Labute approximate surface area is 78.8 Å². The fourth-order valence-corrected chi connectivity index (χ4v) is 0.940. The summed E-state index contributed by atoms with van der Waals surface area (Å²) in [5, 5.41) is 12.5.